The highest BCUT2D eigenvalue weighted by Crippen LogP contribution is 2.31. The van der Waals surface area contributed by atoms with E-state index in [0.29, 0.717) is 25.6 Å². The highest BCUT2D eigenvalue weighted by atomic mass is 16.5. The number of anilines is 1. The molecule has 1 saturated heterocycles. The molecule has 2 aromatic carbocycles. The average Bonchev–Trinajstić information content (AvgIpc) is 2.85. The third-order valence-corrected chi connectivity index (χ3v) is 5.66. The topological polar surface area (TPSA) is 76.6 Å². The van der Waals surface area contributed by atoms with Gasteiger partial charge in [-0.05, 0) is 49.1 Å². The summed E-state index contributed by atoms with van der Waals surface area (Å²) in [5, 5.41) is 3.08. The van der Waals surface area contributed by atoms with Gasteiger partial charge >= 0.3 is 0 Å². The first-order chi connectivity index (χ1) is 15.7. The Labute approximate surface area is 188 Å². The van der Waals surface area contributed by atoms with E-state index in [-0.39, 0.29) is 11.8 Å². The molecule has 1 aliphatic rings. The molecule has 32 heavy (non-hydrogen) atoms. The molecule has 1 atom stereocenters. The maximum atomic E-state index is 12.9. The second-order valence-corrected chi connectivity index (χ2v) is 8.04. The number of carbonyl (C=O) groups excluding carboxylic acids is 1. The number of carbonyl (C=O) groups is 1. The number of benzene rings is 2. The van der Waals surface area contributed by atoms with E-state index in [1.807, 2.05) is 48.5 Å². The molecule has 168 valence electrons. The Kier molecular flexibility index (Phi) is 7.04. The molecule has 1 N–H and O–H groups in total. The fraction of sp³-hybridized carbons (Fsp3) is 0.400. The predicted molar refractivity (Wildman–Crippen MR) is 125 cm³/mol. The molecule has 4 rings (SSSR count). The molecule has 0 spiro atoms. The van der Waals surface area contributed by atoms with Crippen LogP contribution < -0.4 is 19.7 Å². The molecule has 1 amide bonds. The van der Waals surface area contributed by atoms with Crippen molar-refractivity contribution in [1.82, 2.24) is 15.3 Å². The van der Waals surface area contributed by atoms with Gasteiger partial charge in [0, 0.05) is 19.6 Å². The zero-order valence-electron chi connectivity index (χ0n) is 18.7. The molecule has 0 aliphatic carbocycles. The maximum Gasteiger partial charge on any atom is 0.258 e. The fourth-order valence-electron chi connectivity index (χ4n) is 3.98. The Morgan fingerprint density at radius 2 is 1.97 bits per heavy atom. The smallest absolute Gasteiger partial charge is 0.258 e. The molecule has 0 bridgehead atoms. The van der Waals surface area contributed by atoms with Gasteiger partial charge in [0.05, 0.1) is 30.7 Å². The first-order valence-corrected chi connectivity index (χ1v) is 11.2. The molecule has 2 heterocycles. The lowest BCUT2D eigenvalue weighted by molar-refractivity contribution is -0.125. The summed E-state index contributed by atoms with van der Waals surface area (Å²) in [7, 11) is 1.64. The van der Waals surface area contributed by atoms with Crippen LogP contribution in [0.1, 0.15) is 31.7 Å². The van der Waals surface area contributed by atoms with Gasteiger partial charge in [-0.2, -0.15) is 0 Å². The van der Waals surface area contributed by atoms with Crippen LogP contribution in [0.2, 0.25) is 0 Å². The van der Waals surface area contributed by atoms with Crippen molar-refractivity contribution < 1.29 is 14.3 Å². The second kappa shape index (κ2) is 10.3. The highest BCUT2D eigenvalue weighted by molar-refractivity contribution is 5.80. The normalized spacial score (nSPS) is 16.1. The molecule has 0 radical (unpaired) electrons. The van der Waals surface area contributed by atoms with Gasteiger partial charge in [0.1, 0.15) is 5.75 Å². The van der Waals surface area contributed by atoms with Crippen LogP contribution in [-0.4, -0.2) is 42.7 Å². The van der Waals surface area contributed by atoms with Crippen molar-refractivity contribution in [1.29, 1.82) is 0 Å². The Bertz CT molecular complexity index is 1070. The Morgan fingerprint density at radius 3 is 2.75 bits per heavy atom. The molecule has 1 aliphatic heterocycles. The van der Waals surface area contributed by atoms with Crippen LogP contribution in [-0.2, 0) is 11.3 Å². The summed E-state index contributed by atoms with van der Waals surface area (Å²) in [6, 6.07) is 15.6. The van der Waals surface area contributed by atoms with Crippen LogP contribution in [0, 0.1) is 5.92 Å². The van der Waals surface area contributed by atoms with Gasteiger partial charge in [0.2, 0.25) is 5.91 Å². The molecule has 1 aromatic heterocycles. The fourth-order valence-corrected chi connectivity index (χ4v) is 3.98. The molecular formula is C25H30N4O3. The third kappa shape index (κ3) is 5.10. The van der Waals surface area contributed by atoms with Crippen molar-refractivity contribution in [2.75, 3.05) is 31.7 Å². The van der Waals surface area contributed by atoms with Crippen LogP contribution in [0.15, 0.2) is 48.5 Å². The van der Waals surface area contributed by atoms with Crippen molar-refractivity contribution in [3.8, 4) is 11.6 Å². The summed E-state index contributed by atoms with van der Waals surface area (Å²) >= 11 is 0. The zero-order chi connectivity index (χ0) is 22.3. The minimum absolute atomic E-state index is 0.0577. The van der Waals surface area contributed by atoms with E-state index in [2.05, 4.69) is 17.1 Å². The molecule has 0 unspecified atom stereocenters. The Balaban J connectivity index is 1.48. The van der Waals surface area contributed by atoms with Crippen LogP contribution in [0.3, 0.4) is 0 Å². The molecule has 7 heteroatoms. The van der Waals surface area contributed by atoms with Gasteiger partial charge in [-0.3, -0.25) is 4.79 Å². The average molecular weight is 435 g/mol. The van der Waals surface area contributed by atoms with Crippen molar-refractivity contribution in [3.05, 3.63) is 54.1 Å². The SMILES string of the molecule is CCCOc1nc2ccccc2nc1N1CCC[C@H](C(=O)NCc2cccc(OC)c2)C1. The number of amides is 1. The molecule has 0 saturated carbocycles. The highest BCUT2D eigenvalue weighted by Gasteiger charge is 2.29. The van der Waals surface area contributed by atoms with Gasteiger partial charge in [0.25, 0.3) is 5.88 Å². The maximum absolute atomic E-state index is 12.9. The van der Waals surface area contributed by atoms with Gasteiger partial charge in [0.15, 0.2) is 5.82 Å². The van der Waals surface area contributed by atoms with Crippen LogP contribution in [0.25, 0.3) is 11.0 Å². The zero-order valence-corrected chi connectivity index (χ0v) is 18.7. The minimum atomic E-state index is -0.110. The van der Waals surface area contributed by atoms with Gasteiger partial charge in [-0.1, -0.05) is 31.2 Å². The summed E-state index contributed by atoms with van der Waals surface area (Å²) in [6.45, 7) is 4.55. The summed E-state index contributed by atoms with van der Waals surface area (Å²) < 4.78 is 11.2. The number of ether oxygens (including phenoxy) is 2. The van der Waals surface area contributed by atoms with E-state index in [1.165, 1.54) is 0 Å². The lowest BCUT2D eigenvalue weighted by Crippen LogP contribution is -2.43. The van der Waals surface area contributed by atoms with Crippen molar-refractivity contribution in [2.45, 2.75) is 32.7 Å². The summed E-state index contributed by atoms with van der Waals surface area (Å²) in [5.41, 5.74) is 2.66. The lowest BCUT2D eigenvalue weighted by Gasteiger charge is -2.33. The predicted octanol–water partition coefficient (Wildman–Crippen LogP) is 3.96. The summed E-state index contributed by atoms with van der Waals surface area (Å²) in [4.78, 5) is 24.6. The summed E-state index contributed by atoms with van der Waals surface area (Å²) in [5.74, 6) is 2.00. The minimum Gasteiger partial charge on any atom is -0.497 e. The first-order valence-electron chi connectivity index (χ1n) is 11.2. The van der Waals surface area contributed by atoms with Gasteiger partial charge in [-0.25, -0.2) is 9.97 Å². The monoisotopic (exact) mass is 434 g/mol. The molecule has 3 aromatic rings. The number of piperidine rings is 1. The number of aromatic nitrogens is 2. The number of nitrogens with one attached hydrogen (secondary N) is 1. The van der Waals surface area contributed by atoms with E-state index in [1.54, 1.807) is 7.11 Å². The number of fused-ring (bicyclic) bond motifs is 1. The third-order valence-electron chi connectivity index (χ3n) is 5.66. The number of hydrogen-bond acceptors (Lipinski definition) is 6. The van der Waals surface area contributed by atoms with E-state index < -0.39 is 0 Å². The lowest BCUT2D eigenvalue weighted by atomic mass is 9.97. The standard InChI is InChI=1S/C25H30N4O3/c1-3-14-32-25-23(27-21-11-4-5-12-22(21)28-25)29-13-7-9-19(17-29)24(30)26-16-18-8-6-10-20(15-18)31-2/h4-6,8,10-12,15,19H,3,7,9,13-14,16-17H2,1-2H3,(H,26,30)/t19-/m0/s1. The van der Waals surface area contributed by atoms with Crippen LogP contribution >= 0.6 is 0 Å². The molecular weight excluding hydrogens is 404 g/mol. The van der Waals surface area contributed by atoms with Crippen molar-refractivity contribution in [3.63, 3.8) is 0 Å². The van der Waals surface area contributed by atoms with Crippen molar-refractivity contribution >= 4 is 22.8 Å². The summed E-state index contributed by atoms with van der Waals surface area (Å²) in [6.07, 6.45) is 2.66. The van der Waals surface area contributed by atoms with Crippen LogP contribution in [0.5, 0.6) is 11.6 Å². The molecule has 1 fully saturated rings. The number of methoxy groups -OCH3 is 1. The van der Waals surface area contributed by atoms with Crippen molar-refractivity contribution in [2.24, 2.45) is 5.92 Å². The number of para-hydroxylation sites is 2. The number of rotatable bonds is 8. The van der Waals surface area contributed by atoms with E-state index >= 15 is 0 Å². The Morgan fingerprint density at radius 1 is 1.16 bits per heavy atom. The quantitative estimate of drug-likeness (QED) is 0.578. The first kappa shape index (κ1) is 21.9. The van der Waals surface area contributed by atoms with E-state index in [4.69, 9.17) is 19.4 Å². The van der Waals surface area contributed by atoms with E-state index in [0.717, 1.165) is 54.0 Å². The second-order valence-electron chi connectivity index (χ2n) is 8.04. The Hall–Kier alpha value is -3.35. The van der Waals surface area contributed by atoms with Gasteiger partial charge in [-0.15, -0.1) is 0 Å². The number of hydrogen-bond donors (Lipinski definition) is 1. The van der Waals surface area contributed by atoms with Gasteiger partial charge < -0.3 is 19.7 Å². The largest absolute Gasteiger partial charge is 0.497 e. The van der Waals surface area contributed by atoms with E-state index in [9.17, 15) is 4.79 Å². The number of nitrogens with zero attached hydrogens (tertiary/aromatic N) is 3. The molecule has 7 nitrogen and oxygen atoms in total. The van der Waals surface area contributed by atoms with Crippen LogP contribution in [0.4, 0.5) is 5.82 Å².